The molecule has 0 unspecified atom stereocenters. The molecular formula is C10H21NO2. The third-order valence-electron chi connectivity index (χ3n) is 2.08. The molecule has 0 aromatic rings. The van der Waals surface area contributed by atoms with Crippen molar-refractivity contribution in [3.05, 3.63) is 0 Å². The number of unbranched alkanes of at least 4 members (excludes halogenated alkanes) is 1. The average molecular weight is 187 g/mol. The first-order valence-corrected chi connectivity index (χ1v) is 5.22. The van der Waals surface area contributed by atoms with E-state index in [1.54, 1.807) is 0 Å². The van der Waals surface area contributed by atoms with Crippen LogP contribution in [0.1, 0.15) is 26.7 Å². The summed E-state index contributed by atoms with van der Waals surface area (Å²) >= 11 is 0. The van der Waals surface area contributed by atoms with Gasteiger partial charge < -0.3 is 14.8 Å². The summed E-state index contributed by atoms with van der Waals surface area (Å²) in [5.74, 6) is 0. The first-order chi connectivity index (χ1) is 6.29. The van der Waals surface area contributed by atoms with Gasteiger partial charge in [-0.1, -0.05) is 13.8 Å². The Labute approximate surface area is 80.8 Å². The highest BCUT2D eigenvalue weighted by Crippen LogP contribution is 2.05. The molecule has 78 valence electrons. The Morgan fingerprint density at radius 2 is 2.15 bits per heavy atom. The SMILES string of the molecule is CC(C)NCCCCOC1COC1. The van der Waals surface area contributed by atoms with Crippen LogP contribution >= 0.6 is 0 Å². The van der Waals surface area contributed by atoms with Gasteiger partial charge in [-0.25, -0.2) is 0 Å². The summed E-state index contributed by atoms with van der Waals surface area (Å²) in [6.45, 7) is 7.91. The monoisotopic (exact) mass is 187 g/mol. The zero-order chi connectivity index (χ0) is 9.52. The zero-order valence-corrected chi connectivity index (χ0v) is 8.71. The lowest BCUT2D eigenvalue weighted by molar-refractivity contribution is -0.129. The highest BCUT2D eigenvalue weighted by Gasteiger charge is 2.17. The number of rotatable bonds is 7. The van der Waals surface area contributed by atoms with Gasteiger partial charge in [0, 0.05) is 12.6 Å². The van der Waals surface area contributed by atoms with Crippen LogP contribution in [0.3, 0.4) is 0 Å². The summed E-state index contributed by atoms with van der Waals surface area (Å²) in [6, 6.07) is 0.598. The van der Waals surface area contributed by atoms with Crippen LogP contribution in [0.2, 0.25) is 0 Å². The minimum Gasteiger partial charge on any atom is -0.376 e. The van der Waals surface area contributed by atoms with E-state index >= 15 is 0 Å². The molecule has 0 aromatic carbocycles. The van der Waals surface area contributed by atoms with Crippen LogP contribution in [-0.4, -0.2) is 38.5 Å². The molecule has 0 radical (unpaired) electrons. The molecule has 0 atom stereocenters. The maximum absolute atomic E-state index is 5.53. The third kappa shape index (κ3) is 5.24. The van der Waals surface area contributed by atoms with E-state index in [0.717, 1.165) is 32.8 Å². The molecule has 0 amide bonds. The van der Waals surface area contributed by atoms with Gasteiger partial charge in [-0.3, -0.25) is 0 Å². The van der Waals surface area contributed by atoms with Crippen molar-refractivity contribution < 1.29 is 9.47 Å². The van der Waals surface area contributed by atoms with Crippen LogP contribution in [0, 0.1) is 0 Å². The van der Waals surface area contributed by atoms with Crippen molar-refractivity contribution in [2.45, 2.75) is 38.8 Å². The van der Waals surface area contributed by atoms with Gasteiger partial charge in [0.1, 0.15) is 6.10 Å². The van der Waals surface area contributed by atoms with Crippen LogP contribution in [-0.2, 0) is 9.47 Å². The lowest BCUT2D eigenvalue weighted by atomic mass is 10.3. The van der Waals surface area contributed by atoms with Crippen LogP contribution in [0.5, 0.6) is 0 Å². The second-order valence-electron chi connectivity index (χ2n) is 3.85. The minimum atomic E-state index is 0.387. The van der Waals surface area contributed by atoms with Gasteiger partial charge in [0.15, 0.2) is 0 Å². The molecule has 1 saturated heterocycles. The minimum absolute atomic E-state index is 0.387. The molecule has 1 heterocycles. The van der Waals surface area contributed by atoms with Gasteiger partial charge >= 0.3 is 0 Å². The van der Waals surface area contributed by atoms with Crippen molar-refractivity contribution in [3.63, 3.8) is 0 Å². The van der Waals surface area contributed by atoms with E-state index in [0.29, 0.717) is 12.1 Å². The maximum Gasteiger partial charge on any atom is 0.104 e. The normalized spacial score (nSPS) is 17.8. The Bertz CT molecular complexity index is 124. The van der Waals surface area contributed by atoms with Crippen LogP contribution in [0.15, 0.2) is 0 Å². The largest absolute Gasteiger partial charge is 0.376 e. The molecule has 0 spiro atoms. The van der Waals surface area contributed by atoms with Crippen LogP contribution in [0.4, 0.5) is 0 Å². The fourth-order valence-corrected chi connectivity index (χ4v) is 1.18. The van der Waals surface area contributed by atoms with Gasteiger partial charge in [-0.15, -0.1) is 0 Å². The highest BCUT2D eigenvalue weighted by molar-refractivity contribution is 4.63. The van der Waals surface area contributed by atoms with Crippen molar-refractivity contribution >= 4 is 0 Å². The molecule has 0 aliphatic carbocycles. The number of hydrogen-bond donors (Lipinski definition) is 1. The van der Waals surface area contributed by atoms with Crippen molar-refractivity contribution in [2.24, 2.45) is 0 Å². The predicted octanol–water partition coefficient (Wildman–Crippen LogP) is 1.18. The van der Waals surface area contributed by atoms with E-state index in [1.165, 1.54) is 6.42 Å². The molecule has 1 N–H and O–H groups in total. The van der Waals surface area contributed by atoms with E-state index in [-0.39, 0.29) is 0 Å². The van der Waals surface area contributed by atoms with Crippen molar-refractivity contribution in [1.29, 1.82) is 0 Å². The summed E-state index contributed by atoms with van der Waals surface area (Å²) in [6.07, 6.45) is 2.74. The standard InChI is InChI=1S/C10H21NO2/c1-9(2)11-5-3-4-6-13-10-7-12-8-10/h9-11H,3-8H2,1-2H3. The molecule has 3 nitrogen and oxygen atoms in total. The Morgan fingerprint density at radius 1 is 1.38 bits per heavy atom. The first-order valence-electron chi connectivity index (χ1n) is 5.22. The highest BCUT2D eigenvalue weighted by atomic mass is 16.6. The van der Waals surface area contributed by atoms with E-state index in [9.17, 15) is 0 Å². The Balaban J connectivity index is 1.73. The molecule has 0 bridgehead atoms. The fraction of sp³-hybridized carbons (Fsp3) is 1.00. The Kier molecular flexibility index (Phi) is 5.35. The summed E-state index contributed by atoms with van der Waals surface area (Å²) in [5.41, 5.74) is 0. The summed E-state index contributed by atoms with van der Waals surface area (Å²) in [7, 11) is 0. The van der Waals surface area contributed by atoms with E-state index < -0.39 is 0 Å². The van der Waals surface area contributed by atoms with Crippen molar-refractivity contribution in [2.75, 3.05) is 26.4 Å². The quantitative estimate of drug-likeness (QED) is 0.607. The summed E-state index contributed by atoms with van der Waals surface area (Å²) < 4.78 is 10.5. The van der Waals surface area contributed by atoms with E-state index in [2.05, 4.69) is 19.2 Å². The van der Waals surface area contributed by atoms with Gasteiger partial charge in [0.2, 0.25) is 0 Å². The lowest BCUT2D eigenvalue weighted by Gasteiger charge is -2.25. The molecule has 1 aliphatic rings. The molecule has 1 rings (SSSR count). The van der Waals surface area contributed by atoms with Crippen molar-refractivity contribution in [1.82, 2.24) is 5.32 Å². The summed E-state index contributed by atoms with van der Waals surface area (Å²) in [5, 5.41) is 3.38. The van der Waals surface area contributed by atoms with E-state index in [4.69, 9.17) is 9.47 Å². The molecule has 0 saturated carbocycles. The lowest BCUT2D eigenvalue weighted by Crippen LogP contribution is -2.36. The third-order valence-corrected chi connectivity index (χ3v) is 2.08. The van der Waals surface area contributed by atoms with Gasteiger partial charge in [-0.2, -0.15) is 0 Å². The topological polar surface area (TPSA) is 30.5 Å². The average Bonchev–Trinajstić information content (AvgIpc) is 1.99. The van der Waals surface area contributed by atoms with Crippen LogP contribution in [0.25, 0.3) is 0 Å². The Hall–Kier alpha value is -0.120. The molecule has 1 fully saturated rings. The fourth-order valence-electron chi connectivity index (χ4n) is 1.18. The van der Waals surface area contributed by atoms with E-state index in [1.807, 2.05) is 0 Å². The number of nitrogens with one attached hydrogen (secondary N) is 1. The van der Waals surface area contributed by atoms with Gasteiger partial charge in [0.25, 0.3) is 0 Å². The predicted molar refractivity (Wildman–Crippen MR) is 52.9 cm³/mol. The Morgan fingerprint density at radius 3 is 2.69 bits per heavy atom. The number of hydrogen-bond acceptors (Lipinski definition) is 3. The molecule has 3 heteroatoms. The maximum atomic E-state index is 5.53. The smallest absolute Gasteiger partial charge is 0.104 e. The zero-order valence-electron chi connectivity index (χ0n) is 8.71. The number of ether oxygens (including phenoxy) is 2. The molecule has 13 heavy (non-hydrogen) atoms. The van der Waals surface area contributed by atoms with Crippen molar-refractivity contribution in [3.8, 4) is 0 Å². The first kappa shape index (κ1) is 11.0. The van der Waals surface area contributed by atoms with Gasteiger partial charge in [-0.05, 0) is 19.4 Å². The molecular weight excluding hydrogens is 166 g/mol. The van der Waals surface area contributed by atoms with Gasteiger partial charge in [0.05, 0.1) is 13.2 Å². The summed E-state index contributed by atoms with van der Waals surface area (Å²) in [4.78, 5) is 0. The molecule has 1 aliphatic heterocycles. The van der Waals surface area contributed by atoms with Crippen LogP contribution < -0.4 is 5.32 Å². The second kappa shape index (κ2) is 6.35. The second-order valence-corrected chi connectivity index (χ2v) is 3.85. The molecule has 0 aromatic heterocycles.